The summed E-state index contributed by atoms with van der Waals surface area (Å²) in [4.78, 5) is 15.1. The van der Waals surface area contributed by atoms with Gasteiger partial charge in [-0.05, 0) is 41.3 Å². The fourth-order valence-electron chi connectivity index (χ4n) is 5.14. The van der Waals surface area contributed by atoms with Gasteiger partial charge >= 0.3 is 0 Å². The molecule has 0 aromatic heterocycles. The van der Waals surface area contributed by atoms with E-state index in [-0.39, 0.29) is 29.5 Å². The molecule has 0 saturated carbocycles. The molecule has 0 radical (unpaired) electrons. The number of carbonyl (C=O) groups is 1. The summed E-state index contributed by atoms with van der Waals surface area (Å²) in [5.41, 5.74) is 5.19. The van der Waals surface area contributed by atoms with Gasteiger partial charge in [-0.15, -0.1) is 0 Å². The van der Waals surface area contributed by atoms with Crippen molar-refractivity contribution >= 4 is 61.5 Å². The molecule has 3 aromatic rings. The molecule has 3 heterocycles. The number of amides is 1. The third kappa shape index (κ3) is 4.93. The van der Waals surface area contributed by atoms with Crippen LogP contribution in [0.4, 0.5) is 5.69 Å². The number of hydrogen-bond acceptors (Lipinski definition) is 7. The second-order valence-electron chi connectivity index (χ2n) is 9.59. The maximum absolute atomic E-state index is 13.1. The molecule has 6 rings (SSSR count). The van der Waals surface area contributed by atoms with E-state index in [2.05, 4.69) is 29.3 Å². The minimum atomic E-state index is -3.11. The van der Waals surface area contributed by atoms with Gasteiger partial charge in [-0.25, -0.2) is 8.42 Å². The zero-order valence-corrected chi connectivity index (χ0v) is 22.9. The van der Waals surface area contributed by atoms with Crippen molar-refractivity contribution in [1.29, 1.82) is 0 Å². The Morgan fingerprint density at radius 3 is 2.29 bits per heavy atom. The van der Waals surface area contributed by atoms with E-state index in [0.29, 0.717) is 15.6 Å². The molecule has 1 amide bonds. The molecule has 2 saturated heterocycles. The summed E-state index contributed by atoms with van der Waals surface area (Å²) < 4.78 is 24.3. The number of nitrogens with zero attached hydrogens (tertiary/aromatic N) is 3. The molecule has 192 valence electrons. The van der Waals surface area contributed by atoms with Crippen molar-refractivity contribution in [2.75, 3.05) is 16.5 Å². The van der Waals surface area contributed by atoms with Gasteiger partial charge in [0.25, 0.3) is 5.91 Å². The Bertz CT molecular complexity index is 1550. The van der Waals surface area contributed by atoms with E-state index in [1.165, 1.54) is 22.2 Å². The van der Waals surface area contributed by atoms with Crippen LogP contribution in [-0.2, 0) is 14.6 Å². The summed E-state index contributed by atoms with van der Waals surface area (Å²) in [5.74, 6) is -0.137. The SMILES string of the molecule is O=C1/C(=C\c2ccc(N3N=C(c4ccccc4)C[C@@H]3c3ccccc3)cc2)SC(=S)N1[C@H]1CCS(=O)(=O)C1. The number of thiocarbonyl (C=S) groups is 1. The van der Waals surface area contributed by atoms with E-state index < -0.39 is 9.84 Å². The Morgan fingerprint density at radius 2 is 1.63 bits per heavy atom. The van der Waals surface area contributed by atoms with Crippen LogP contribution >= 0.6 is 24.0 Å². The van der Waals surface area contributed by atoms with Crippen molar-refractivity contribution in [3.63, 3.8) is 0 Å². The van der Waals surface area contributed by atoms with Gasteiger partial charge in [0.15, 0.2) is 9.84 Å². The highest BCUT2D eigenvalue weighted by molar-refractivity contribution is 8.26. The predicted molar refractivity (Wildman–Crippen MR) is 158 cm³/mol. The first-order valence-corrected chi connectivity index (χ1v) is 15.5. The summed E-state index contributed by atoms with van der Waals surface area (Å²) in [5, 5.41) is 7.08. The number of hydrazone groups is 1. The Labute approximate surface area is 232 Å². The Kier molecular flexibility index (Phi) is 6.67. The van der Waals surface area contributed by atoms with Crippen molar-refractivity contribution in [2.24, 2.45) is 5.10 Å². The molecule has 2 fully saturated rings. The number of thioether (sulfide) groups is 1. The second-order valence-corrected chi connectivity index (χ2v) is 13.5. The molecule has 0 unspecified atom stereocenters. The summed E-state index contributed by atoms with van der Waals surface area (Å²) in [6.07, 6.45) is 3.06. The smallest absolute Gasteiger partial charge is 0.266 e. The molecule has 0 bridgehead atoms. The van der Waals surface area contributed by atoms with Crippen LogP contribution in [0.1, 0.15) is 35.6 Å². The van der Waals surface area contributed by atoms with Crippen LogP contribution < -0.4 is 5.01 Å². The lowest BCUT2D eigenvalue weighted by atomic mass is 9.98. The van der Waals surface area contributed by atoms with Crippen LogP contribution in [0.3, 0.4) is 0 Å². The number of carbonyl (C=O) groups excluding carboxylic acids is 1. The first-order chi connectivity index (χ1) is 18.4. The number of benzene rings is 3. The monoisotopic (exact) mass is 559 g/mol. The second kappa shape index (κ2) is 10.1. The van der Waals surface area contributed by atoms with Gasteiger partial charge in [-0.3, -0.25) is 14.7 Å². The van der Waals surface area contributed by atoms with Gasteiger partial charge < -0.3 is 0 Å². The average molecular weight is 560 g/mol. The van der Waals surface area contributed by atoms with E-state index in [9.17, 15) is 13.2 Å². The van der Waals surface area contributed by atoms with E-state index in [1.54, 1.807) is 0 Å². The highest BCUT2D eigenvalue weighted by Crippen LogP contribution is 2.38. The van der Waals surface area contributed by atoms with Crippen molar-refractivity contribution in [3.8, 4) is 0 Å². The normalized spacial score (nSPS) is 23.9. The fraction of sp³-hybridized carbons (Fsp3) is 0.207. The number of hydrogen-bond donors (Lipinski definition) is 0. The van der Waals surface area contributed by atoms with Gasteiger partial charge in [-0.1, -0.05) is 96.8 Å². The topological polar surface area (TPSA) is 70.1 Å². The van der Waals surface area contributed by atoms with Gasteiger partial charge in [0.05, 0.1) is 39.9 Å². The lowest BCUT2D eigenvalue weighted by molar-refractivity contribution is -0.123. The highest BCUT2D eigenvalue weighted by Gasteiger charge is 2.42. The zero-order chi connectivity index (χ0) is 26.3. The van der Waals surface area contributed by atoms with Crippen LogP contribution in [0.2, 0.25) is 0 Å². The molecule has 3 aliphatic rings. The van der Waals surface area contributed by atoms with Crippen molar-refractivity contribution < 1.29 is 13.2 Å². The molecule has 0 aliphatic carbocycles. The van der Waals surface area contributed by atoms with Crippen LogP contribution in [0.25, 0.3) is 6.08 Å². The average Bonchev–Trinajstić information content (AvgIpc) is 3.60. The zero-order valence-electron chi connectivity index (χ0n) is 20.4. The van der Waals surface area contributed by atoms with Crippen molar-refractivity contribution in [2.45, 2.75) is 24.9 Å². The number of sulfone groups is 1. The lowest BCUT2D eigenvalue weighted by Gasteiger charge is -2.24. The molecule has 38 heavy (non-hydrogen) atoms. The predicted octanol–water partition coefficient (Wildman–Crippen LogP) is 5.43. The van der Waals surface area contributed by atoms with Crippen molar-refractivity contribution in [1.82, 2.24) is 4.90 Å². The fourth-order valence-corrected chi connectivity index (χ4v) is 8.24. The summed E-state index contributed by atoms with van der Waals surface area (Å²) in [7, 11) is -3.11. The van der Waals surface area contributed by atoms with Crippen LogP contribution in [0, 0.1) is 0 Å². The Hall–Kier alpha value is -3.27. The minimum absolute atomic E-state index is 0.0225. The maximum Gasteiger partial charge on any atom is 0.266 e. The third-order valence-electron chi connectivity index (χ3n) is 7.05. The summed E-state index contributed by atoms with van der Waals surface area (Å²) >= 11 is 6.67. The van der Waals surface area contributed by atoms with Gasteiger partial charge in [0.2, 0.25) is 0 Å². The van der Waals surface area contributed by atoms with E-state index in [1.807, 2.05) is 66.7 Å². The molecule has 6 nitrogen and oxygen atoms in total. The molecule has 3 aromatic carbocycles. The van der Waals surface area contributed by atoms with Gasteiger partial charge in [0.1, 0.15) is 4.32 Å². The third-order valence-corrected chi connectivity index (χ3v) is 10.1. The van der Waals surface area contributed by atoms with E-state index in [0.717, 1.165) is 28.9 Å². The first-order valence-electron chi connectivity index (χ1n) is 12.4. The molecule has 3 aliphatic heterocycles. The number of anilines is 1. The van der Waals surface area contributed by atoms with Crippen molar-refractivity contribution in [3.05, 3.63) is 107 Å². The quantitative estimate of drug-likeness (QED) is 0.307. The Balaban J connectivity index is 1.25. The molecular weight excluding hydrogens is 535 g/mol. The van der Waals surface area contributed by atoms with Crippen LogP contribution in [0.5, 0.6) is 0 Å². The molecule has 2 atom stereocenters. The number of rotatable bonds is 5. The summed E-state index contributed by atoms with van der Waals surface area (Å²) in [6, 6.07) is 28.3. The first kappa shape index (κ1) is 25.0. The molecule has 0 N–H and O–H groups in total. The minimum Gasteiger partial charge on any atom is -0.289 e. The highest BCUT2D eigenvalue weighted by atomic mass is 32.2. The van der Waals surface area contributed by atoms with Gasteiger partial charge in [-0.2, -0.15) is 5.10 Å². The maximum atomic E-state index is 13.1. The van der Waals surface area contributed by atoms with Gasteiger partial charge in [0, 0.05) is 6.42 Å². The molecule has 9 heteroatoms. The standard InChI is InChI=1S/C29H25N3O3S3/c33-28-27(37-29(36)31(28)24-15-16-38(34,35)19-24)17-20-11-13-23(14-12-20)32-26(22-9-5-2-6-10-22)18-25(30-32)21-7-3-1-4-8-21/h1-14,17,24,26H,15-16,18-19H2/b27-17+/t24-,26+/m0/s1. The van der Waals surface area contributed by atoms with E-state index >= 15 is 0 Å². The largest absolute Gasteiger partial charge is 0.289 e. The molecule has 0 spiro atoms. The van der Waals surface area contributed by atoms with E-state index in [4.69, 9.17) is 17.3 Å². The van der Waals surface area contributed by atoms with Crippen LogP contribution in [0.15, 0.2) is 94.9 Å². The molecular formula is C29H25N3O3S3. The lowest BCUT2D eigenvalue weighted by Crippen LogP contribution is -2.39. The Morgan fingerprint density at radius 1 is 0.947 bits per heavy atom. The summed E-state index contributed by atoms with van der Waals surface area (Å²) in [6.45, 7) is 0. The van der Waals surface area contributed by atoms with Crippen LogP contribution in [-0.4, -0.2) is 46.8 Å².